The van der Waals surface area contributed by atoms with Crippen LogP contribution in [0.15, 0.2) is 53.7 Å². The summed E-state index contributed by atoms with van der Waals surface area (Å²) in [6.07, 6.45) is 1.70. The van der Waals surface area contributed by atoms with E-state index in [9.17, 15) is 19.7 Å². The Morgan fingerprint density at radius 1 is 1.17 bits per heavy atom. The quantitative estimate of drug-likeness (QED) is 0.486. The summed E-state index contributed by atoms with van der Waals surface area (Å²) in [4.78, 5) is 39.9. The number of thioether (sulfide) groups is 1. The van der Waals surface area contributed by atoms with Gasteiger partial charge in [-0.05, 0) is 24.3 Å². The maximum atomic E-state index is 12.5. The van der Waals surface area contributed by atoms with Gasteiger partial charge < -0.3 is 0 Å². The maximum Gasteiger partial charge on any atom is 0.269 e. The lowest BCUT2D eigenvalue weighted by Crippen LogP contribution is -2.31. The highest BCUT2D eigenvalue weighted by molar-refractivity contribution is 8.00. The molecule has 1 atom stereocenters. The Bertz CT molecular complexity index is 764. The van der Waals surface area contributed by atoms with E-state index < -0.39 is 10.2 Å². The van der Waals surface area contributed by atoms with E-state index >= 15 is 0 Å². The van der Waals surface area contributed by atoms with Gasteiger partial charge >= 0.3 is 0 Å². The van der Waals surface area contributed by atoms with Crippen molar-refractivity contribution in [3.8, 4) is 0 Å². The molecule has 1 aliphatic rings. The second-order valence-electron chi connectivity index (χ2n) is 4.82. The highest BCUT2D eigenvalue weighted by atomic mass is 32.2. The number of carbonyl (C=O) groups is 2. The smallest absolute Gasteiger partial charge is 0.269 e. The molecule has 3 rings (SSSR count). The van der Waals surface area contributed by atoms with Crippen LogP contribution in [0.25, 0.3) is 0 Å². The second-order valence-corrected chi connectivity index (χ2v) is 6.04. The fraction of sp³-hybridized carbons (Fsp3) is 0.133. The largest absolute Gasteiger partial charge is 0.274 e. The van der Waals surface area contributed by atoms with Gasteiger partial charge in [0.05, 0.1) is 20.9 Å². The third-order valence-corrected chi connectivity index (χ3v) is 4.46. The van der Waals surface area contributed by atoms with Gasteiger partial charge in [-0.3, -0.25) is 19.7 Å². The molecule has 0 saturated carbocycles. The lowest BCUT2D eigenvalue weighted by atomic mass is 10.2. The van der Waals surface area contributed by atoms with E-state index in [1.165, 1.54) is 36.0 Å². The Morgan fingerprint density at radius 2 is 1.91 bits per heavy atom. The average molecular weight is 329 g/mol. The van der Waals surface area contributed by atoms with Gasteiger partial charge in [-0.1, -0.05) is 17.8 Å². The van der Waals surface area contributed by atoms with Crippen LogP contribution in [-0.4, -0.2) is 27.0 Å². The first-order valence-electron chi connectivity index (χ1n) is 6.75. The van der Waals surface area contributed by atoms with Crippen molar-refractivity contribution in [3.05, 3.63) is 58.8 Å². The Hall–Kier alpha value is -2.74. The lowest BCUT2D eigenvalue weighted by Gasteiger charge is -2.14. The third kappa shape index (κ3) is 3.07. The predicted octanol–water partition coefficient (Wildman–Crippen LogP) is 2.41. The molecule has 1 aliphatic heterocycles. The van der Waals surface area contributed by atoms with E-state index in [0.717, 1.165) is 4.90 Å². The monoisotopic (exact) mass is 329 g/mol. The minimum absolute atomic E-state index is 0.0804. The number of nitrogens with zero attached hydrogens (tertiary/aromatic N) is 3. The number of imide groups is 1. The molecule has 0 bridgehead atoms. The average Bonchev–Trinajstić information content (AvgIpc) is 2.82. The van der Waals surface area contributed by atoms with E-state index in [2.05, 4.69) is 4.98 Å². The van der Waals surface area contributed by atoms with Gasteiger partial charge in [0.15, 0.2) is 0 Å². The van der Waals surface area contributed by atoms with E-state index in [4.69, 9.17) is 0 Å². The number of pyridine rings is 1. The first-order valence-corrected chi connectivity index (χ1v) is 7.63. The van der Waals surface area contributed by atoms with Crippen molar-refractivity contribution in [2.75, 3.05) is 4.90 Å². The topological polar surface area (TPSA) is 93.4 Å². The first kappa shape index (κ1) is 15.2. The summed E-state index contributed by atoms with van der Waals surface area (Å²) in [6, 6.07) is 10.7. The maximum absolute atomic E-state index is 12.5. The van der Waals surface area contributed by atoms with Crippen LogP contribution >= 0.6 is 11.8 Å². The SMILES string of the molecule is O=C1C[C@H](Sc2ccccn2)C(=O)N1c1ccc([N+](=O)[O-])cc1. The molecule has 0 unspecified atom stereocenters. The van der Waals surface area contributed by atoms with Crippen LogP contribution in [0.4, 0.5) is 11.4 Å². The number of nitro benzene ring substituents is 1. The van der Waals surface area contributed by atoms with Crippen LogP contribution in [0.5, 0.6) is 0 Å². The molecule has 1 aromatic heterocycles. The van der Waals surface area contributed by atoms with Crippen molar-refractivity contribution in [2.24, 2.45) is 0 Å². The summed E-state index contributed by atoms with van der Waals surface area (Å²) in [5, 5.41) is 10.8. The number of hydrogen-bond donors (Lipinski definition) is 0. The van der Waals surface area contributed by atoms with E-state index in [-0.39, 0.29) is 23.9 Å². The Kier molecular flexibility index (Phi) is 4.07. The molecular weight excluding hydrogens is 318 g/mol. The van der Waals surface area contributed by atoms with Gasteiger partial charge in [-0.15, -0.1) is 0 Å². The third-order valence-electron chi connectivity index (χ3n) is 3.32. The molecule has 0 aliphatic carbocycles. The number of non-ortho nitro benzene ring substituents is 1. The molecule has 7 nitrogen and oxygen atoms in total. The van der Waals surface area contributed by atoms with Gasteiger partial charge in [0, 0.05) is 24.8 Å². The number of nitro groups is 1. The van der Waals surface area contributed by atoms with Gasteiger partial charge in [-0.25, -0.2) is 9.88 Å². The zero-order valence-electron chi connectivity index (χ0n) is 11.8. The molecule has 0 N–H and O–H groups in total. The van der Waals surface area contributed by atoms with E-state index in [0.29, 0.717) is 10.7 Å². The second kappa shape index (κ2) is 6.17. The number of anilines is 1. The van der Waals surface area contributed by atoms with Crippen molar-refractivity contribution in [1.29, 1.82) is 0 Å². The highest BCUT2D eigenvalue weighted by Crippen LogP contribution is 2.33. The summed E-state index contributed by atoms with van der Waals surface area (Å²) < 4.78 is 0. The lowest BCUT2D eigenvalue weighted by molar-refractivity contribution is -0.384. The predicted molar refractivity (Wildman–Crippen MR) is 84.1 cm³/mol. The van der Waals surface area contributed by atoms with Crippen molar-refractivity contribution >= 4 is 35.0 Å². The number of hydrogen-bond acceptors (Lipinski definition) is 6. The molecule has 1 saturated heterocycles. The number of rotatable bonds is 4. The molecule has 2 heterocycles. The van der Waals surface area contributed by atoms with Gasteiger partial charge in [0.25, 0.3) is 5.69 Å². The molecule has 0 radical (unpaired) electrons. The van der Waals surface area contributed by atoms with Crippen molar-refractivity contribution in [3.63, 3.8) is 0 Å². The zero-order chi connectivity index (χ0) is 16.4. The van der Waals surface area contributed by atoms with Crippen molar-refractivity contribution in [1.82, 2.24) is 4.98 Å². The van der Waals surface area contributed by atoms with Gasteiger partial charge in [0.2, 0.25) is 11.8 Å². The minimum atomic E-state index is -0.535. The van der Waals surface area contributed by atoms with Crippen LogP contribution < -0.4 is 4.90 Å². The highest BCUT2D eigenvalue weighted by Gasteiger charge is 2.40. The van der Waals surface area contributed by atoms with Crippen LogP contribution in [0, 0.1) is 10.1 Å². The summed E-state index contributed by atoms with van der Waals surface area (Å²) in [7, 11) is 0. The molecule has 116 valence electrons. The summed E-state index contributed by atoms with van der Waals surface area (Å²) in [6.45, 7) is 0. The van der Waals surface area contributed by atoms with Gasteiger partial charge in [0.1, 0.15) is 0 Å². The molecule has 2 aromatic rings. The molecular formula is C15H11N3O4S. The Morgan fingerprint density at radius 3 is 2.52 bits per heavy atom. The Labute approximate surface area is 135 Å². The van der Waals surface area contributed by atoms with Crippen LogP contribution in [0.2, 0.25) is 0 Å². The summed E-state index contributed by atoms with van der Waals surface area (Å²) in [5.74, 6) is -0.656. The Balaban J connectivity index is 1.79. The summed E-state index contributed by atoms with van der Waals surface area (Å²) >= 11 is 1.24. The molecule has 1 aromatic carbocycles. The fourth-order valence-corrected chi connectivity index (χ4v) is 3.26. The first-order chi connectivity index (χ1) is 11.1. The zero-order valence-corrected chi connectivity index (χ0v) is 12.6. The van der Waals surface area contributed by atoms with Crippen LogP contribution in [-0.2, 0) is 9.59 Å². The van der Waals surface area contributed by atoms with Crippen molar-refractivity contribution in [2.45, 2.75) is 16.7 Å². The minimum Gasteiger partial charge on any atom is -0.274 e. The number of amides is 2. The number of benzene rings is 1. The normalized spacial score (nSPS) is 17.6. The van der Waals surface area contributed by atoms with Crippen LogP contribution in [0.1, 0.15) is 6.42 Å². The molecule has 1 fully saturated rings. The number of carbonyl (C=O) groups excluding carboxylic acids is 2. The molecule has 8 heteroatoms. The fourth-order valence-electron chi connectivity index (χ4n) is 2.25. The van der Waals surface area contributed by atoms with Gasteiger partial charge in [-0.2, -0.15) is 0 Å². The van der Waals surface area contributed by atoms with Crippen molar-refractivity contribution < 1.29 is 14.5 Å². The van der Waals surface area contributed by atoms with E-state index in [1.807, 2.05) is 6.07 Å². The number of aromatic nitrogens is 1. The molecule has 23 heavy (non-hydrogen) atoms. The molecule has 2 amide bonds. The van der Waals surface area contributed by atoms with E-state index in [1.54, 1.807) is 18.3 Å². The standard InChI is InChI=1S/C15H11N3O4S/c19-14-9-12(23-13-3-1-2-8-16-13)15(20)17(14)10-4-6-11(7-5-10)18(21)22/h1-8,12H,9H2/t12-/m0/s1. The summed E-state index contributed by atoms with van der Waals surface area (Å²) in [5.41, 5.74) is 0.252. The molecule has 0 spiro atoms. The van der Waals surface area contributed by atoms with Crippen LogP contribution in [0.3, 0.4) is 0 Å².